The highest BCUT2D eigenvalue weighted by atomic mass is 32.3. The number of aryl methyl sites for hydroxylation is 1. The molecule has 1 aliphatic rings. The fourth-order valence-electron chi connectivity index (χ4n) is 5.72. The number of carbonyl (C=O) groups excluding carboxylic acids is 5. The van der Waals surface area contributed by atoms with E-state index >= 15 is 4.39 Å². The Hall–Kier alpha value is -6.16. The molecule has 4 rings (SSSR count). The molecular weight excluding hydrogens is 930 g/mol. The smallest absolute Gasteiger partial charge is 0.438 e. The molecule has 27 heteroatoms. The Balaban J connectivity index is 1.56. The molecular formula is C40H57FN9O15S2+. The molecule has 4 amide bonds. The van der Waals surface area contributed by atoms with Crippen LogP contribution in [-0.2, 0) is 66.7 Å². The number of oxime groups is 1. The molecule has 3 heterocycles. The zero-order valence-electron chi connectivity index (χ0n) is 39.0. The lowest BCUT2D eigenvalue weighted by Crippen LogP contribution is -2.76. The summed E-state index contributed by atoms with van der Waals surface area (Å²) in [6.07, 6.45) is -1.25. The van der Waals surface area contributed by atoms with Gasteiger partial charge in [0.2, 0.25) is 6.20 Å². The van der Waals surface area contributed by atoms with Crippen molar-refractivity contribution in [1.29, 1.82) is 0 Å². The van der Waals surface area contributed by atoms with E-state index in [9.17, 15) is 32.4 Å². The monoisotopic (exact) mass is 986 g/mol. The van der Waals surface area contributed by atoms with E-state index in [0.29, 0.717) is 23.6 Å². The van der Waals surface area contributed by atoms with Crippen LogP contribution >= 0.6 is 11.3 Å². The number of rotatable bonds is 18. The molecule has 1 fully saturated rings. The van der Waals surface area contributed by atoms with Gasteiger partial charge in [0, 0.05) is 30.0 Å². The van der Waals surface area contributed by atoms with E-state index in [4.69, 9.17) is 39.1 Å². The summed E-state index contributed by atoms with van der Waals surface area (Å²) in [6.45, 7) is 17.5. The summed E-state index contributed by atoms with van der Waals surface area (Å²) in [4.78, 5) is 84.2. The second kappa shape index (κ2) is 20.8. The standard InChI is InChI=1S/C40H56FN9O15S2/c1-37(2,3)60-33(53)27(20-59-22-14-15-23(25(41)18-22)24-19-49(48(12)30(24)42)17-13-16-43-35(54)63-64-39(7,8)9)62-47-28(26-21-66-34(44-26)46-36(55)61-38(4,5)6)31(51)45-29-32(52)50(40(29,10)11)65-67(56,57)58/h14-15,18-19,21,27,29,42H,13,16-17,20H2,1-12H3,(H4,43,44,45,46,51,54,55,56,57,58)/p+1/b47-28-/t27-,29+/m0/s1. The summed E-state index contributed by atoms with van der Waals surface area (Å²) in [7, 11) is -3.44. The van der Waals surface area contributed by atoms with Crippen molar-refractivity contribution >= 4 is 68.4 Å². The van der Waals surface area contributed by atoms with Gasteiger partial charge in [-0.15, -0.1) is 25.0 Å². The predicted molar refractivity (Wildman–Crippen MR) is 236 cm³/mol. The van der Waals surface area contributed by atoms with E-state index in [1.54, 1.807) is 84.9 Å². The van der Waals surface area contributed by atoms with Crippen LogP contribution in [0.25, 0.3) is 11.1 Å². The summed E-state index contributed by atoms with van der Waals surface area (Å²) in [6, 6.07) is 2.43. The number of esters is 1. The first kappa shape index (κ1) is 53.5. The summed E-state index contributed by atoms with van der Waals surface area (Å²) < 4.78 is 71.9. The molecule has 0 bridgehead atoms. The molecule has 6 N–H and O–H groups in total. The first-order valence-corrected chi connectivity index (χ1v) is 22.6. The zero-order chi connectivity index (χ0) is 50.4. The average Bonchev–Trinajstić information content (AvgIpc) is 3.75. The number of amides is 4. The minimum atomic E-state index is -5.12. The van der Waals surface area contributed by atoms with E-state index < -0.39 is 93.0 Å². The third-order valence-electron chi connectivity index (χ3n) is 8.75. The van der Waals surface area contributed by atoms with Gasteiger partial charge >= 0.3 is 28.6 Å². The van der Waals surface area contributed by atoms with E-state index in [-0.39, 0.29) is 34.5 Å². The van der Waals surface area contributed by atoms with Crippen LogP contribution < -0.4 is 31.1 Å². The number of hydrogen-bond donors (Lipinski definition) is 5. The number of β-lactam (4-membered cyclic amide) rings is 1. The van der Waals surface area contributed by atoms with Crippen LogP contribution in [-0.4, -0.2) is 111 Å². The topological polar surface area (TPSA) is 304 Å². The van der Waals surface area contributed by atoms with Crippen LogP contribution in [0.4, 0.5) is 24.9 Å². The van der Waals surface area contributed by atoms with Crippen molar-refractivity contribution in [2.75, 3.05) is 24.2 Å². The van der Waals surface area contributed by atoms with Crippen LogP contribution in [0.2, 0.25) is 0 Å². The summed E-state index contributed by atoms with van der Waals surface area (Å²) in [5.74, 6) is -3.78. The maximum Gasteiger partial charge on any atom is 0.438 e. The van der Waals surface area contributed by atoms with Crippen molar-refractivity contribution < 1.29 is 79.1 Å². The van der Waals surface area contributed by atoms with Gasteiger partial charge in [0.25, 0.3) is 17.9 Å². The molecule has 1 saturated heterocycles. The number of hydrogen-bond acceptors (Lipinski definition) is 18. The molecule has 370 valence electrons. The highest BCUT2D eigenvalue weighted by Crippen LogP contribution is 2.33. The Morgan fingerprint density at radius 2 is 1.69 bits per heavy atom. The van der Waals surface area contributed by atoms with Crippen LogP contribution in [0.1, 0.15) is 88.3 Å². The largest absolute Gasteiger partial charge is 0.489 e. The van der Waals surface area contributed by atoms with Gasteiger partial charge in [-0.05, 0) is 88.3 Å². The molecule has 0 saturated carbocycles. The lowest BCUT2D eigenvalue weighted by molar-refractivity contribution is -0.772. The molecule has 2 aromatic heterocycles. The van der Waals surface area contributed by atoms with Gasteiger partial charge in [0.1, 0.15) is 46.7 Å². The van der Waals surface area contributed by atoms with Crippen molar-refractivity contribution in [1.82, 2.24) is 25.4 Å². The number of thiazole rings is 1. The number of halogens is 1. The number of nitrogens with one attached hydrogen (secondary N) is 3. The van der Waals surface area contributed by atoms with Crippen molar-refractivity contribution in [3.05, 3.63) is 41.3 Å². The number of nitrogens with two attached hydrogens (primary N) is 1. The van der Waals surface area contributed by atoms with Crippen LogP contribution in [0.15, 0.2) is 34.9 Å². The molecule has 1 aromatic carbocycles. The number of anilines is 2. The van der Waals surface area contributed by atoms with E-state index in [0.717, 1.165) is 17.4 Å². The molecule has 0 radical (unpaired) electrons. The lowest BCUT2D eigenvalue weighted by atomic mass is 9.84. The molecule has 0 unspecified atom stereocenters. The highest BCUT2D eigenvalue weighted by molar-refractivity contribution is 7.80. The Labute approximate surface area is 390 Å². The number of hydroxylamine groups is 2. The second-order valence-corrected chi connectivity index (χ2v) is 20.2. The molecule has 0 aliphatic carbocycles. The SMILES string of the molecule is Cn1c(N)c(-c2ccc(OC[C@H](O/N=C(\C(=O)N[C@@H]3C(=O)N(OS(=O)(=O)O)C3(C)C)c3csc(NC(=O)OC(C)(C)C)n3)C(=O)OC(C)(C)C)cc2F)c[n+]1CCCNC(=O)OOC(C)(C)C. The van der Waals surface area contributed by atoms with Gasteiger partial charge in [-0.3, -0.25) is 24.3 Å². The lowest BCUT2D eigenvalue weighted by Gasteiger charge is -2.50. The first-order valence-electron chi connectivity index (χ1n) is 20.4. The van der Waals surface area contributed by atoms with E-state index in [1.165, 1.54) is 31.4 Å². The first-order chi connectivity index (χ1) is 30.7. The molecule has 0 spiro atoms. The fraction of sp³-hybridized carbons (Fsp3) is 0.550. The maximum atomic E-state index is 15.8. The normalized spacial score (nSPS) is 15.8. The summed E-state index contributed by atoms with van der Waals surface area (Å²) in [5.41, 5.74) is 1.81. The summed E-state index contributed by atoms with van der Waals surface area (Å²) >= 11 is 0.849. The Morgan fingerprint density at radius 3 is 2.27 bits per heavy atom. The molecule has 1 aliphatic heterocycles. The Kier molecular flexibility index (Phi) is 16.6. The number of nitrogen functional groups attached to an aromatic ring is 1. The minimum absolute atomic E-state index is 0.0546. The number of benzene rings is 1. The van der Waals surface area contributed by atoms with Gasteiger partial charge in [-0.2, -0.15) is 18.4 Å². The van der Waals surface area contributed by atoms with E-state index in [2.05, 4.69) is 30.4 Å². The van der Waals surface area contributed by atoms with E-state index in [1.807, 2.05) is 0 Å². The quantitative estimate of drug-likeness (QED) is 0.0177. The second-order valence-electron chi connectivity index (χ2n) is 18.3. The van der Waals surface area contributed by atoms with Gasteiger partial charge in [-0.25, -0.2) is 23.8 Å². The zero-order valence-corrected chi connectivity index (χ0v) is 40.7. The van der Waals surface area contributed by atoms with Gasteiger partial charge in [0.15, 0.2) is 23.2 Å². The third-order valence-corrected chi connectivity index (χ3v) is 9.85. The minimum Gasteiger partial charge on any atom is -0.489 e. The predicted octanol–water partition coefficient (Wildman–Crippen LogP) is 3.70. The van der Waals surface area contributed by atoms with Gasteiger partial charge < -0.3 is 35.4 Å². The number of nitrogens with zero attached hydrogens (tertiary/aromatic N) is 5. The number of ether oxygens (including phenoxy) is 3. The summed E-state index contributed by atoms with van der Waals surface area (Å²) in [5, 5.41) is 12.9. The van der Waals surface area contributed by atoms with Gasteiger partial charge in [-0.1, -0.05) is 5.16 Å². The fourth-order valence-corrected chi connectivity index (χ4v) is 6.85. The number of carbonyl (C=O) groups is 5. The van der Waals surface area contributed by atoms with Crippen LogP contribution in [0, 0.1) is 5.82 Å². The maximum absolute atomic E-state index is 15.8. The van der Waals surface area contributed by atoms with Crippen LogP contribution in [0.3, 0.4) is 0 Å². The molecule has 3 aromatic rings. The van der Waals surface area contributed by atoms with Crippen molar-refractivity contribution in [2.24, 2.45) is 12.2 Å². The molecule has 24 nitrogen and oxygen atoms in total. The van der Waals surface area contributed by atoms with Crippen molar-refractivity contribution in [3.63, 3.8) is 0 Å². The van der Waals surface area contributed by atoms with Crippen molar-refractivity contribution in [2.45, 2.75) is 124 Å². The van der Waals surface area contributed by atoms with Crippen LogP contribution in [0.5, 0.6) is 5.75 Å². The third kappa shape index (κ3) is 15.4. The molecule has 67 heavy (non-hydrogen) atoms. The Morgan fingerprint density at radius 1 is 1.03 bits per heavy atom. The highest BCUT2D eigenvalue weighted by Gasteiger charge is 2.58. The van der Waals surface area contributed by atoms with Crippen molar-refractivity contribution in [3.8, 4) is 16.9 Å². The average molecular weight is 987 g/mol. The Bertz CT molecular complexity index is 2470. The number of aromatic nitrogens is 3. The van der Waals surface area contributed by atoms with Gasteiger partial charge in [0.05, 0.1) is 18.2 Å². The molecule has 2 atom stereocenters.